The molecule has 110 valence electrons. The van der Waals surface area contributed by atoms with Gasteiger partial charge in [-0.25, -0.2) is 4.39 Å². The summed E-state index contributed by atoms with van der Waals surface area (Å²) in [5.74, 6) is 1.57. The molecule has 1 aliphatic rings. The van der Waals surface area contributed by atoms with Crippen molar-refractivity contribution < 1.29 is 13.9 Å². The highest BCUT2D eigenvalue weighted by atomic mass is 19.1. The van der Waals surface area contributed by atoms with E-state index in [2.05, 4.69) is 15.4 Å². The van der Waals surface area contributed by atoms with Crippen LogP contribution in [0.1, 0.15) is 5.56 Å². The minimum absolute atomic E-state index is 0.221. The Kier molecular flexibility index (Phi) is 2.96. The maximum Gasteiger partial charge on any atom is 0.231 e. The van der Waals surface area contributed by atoms with Crippen LogP contribution in [0.3, 0.4) is 0 Å². The molecule has 1 aromatic heterocycles. The minimum atomic E-state index is -0.284. The number of halogens is 1. The van der Waals surface area contributed by atoms with Crippen molar-refractivity contribution in [2.24, 2.45) is 0 Å². The van der Waals surface area contributed by atoms with Crippen molar-refractivity contribution in [1.29, 1.82) is 0 Å². The van der Waals surface area contributed by atoms with Crippen LogP contribution in [0.4, 0.5) is 4.39 Å². The summed E-state index contributed by atoms with van der Waals surface area (Å²) < 4.78 is 23.8. The highest BCUT2D eigenvalue weighted by Crippen LogP contribution is 2.34. The van der Waals surface area contributed by atoms with Gasteiger partial charge in [0.2, 0.25) is 12.6 Å². The monoisotopic (exact) mass is 298 g/mol. The normalized spacial score (nSPS) is 12.6. The van der Waals surface area contributed by atoms with E-state index in [1.54, 1.807) is 6.07 Å². The lowest BCUT2D eigenvalue weighted by Gasteiger charge is -2.00. The molecule has 1 aliphatic heterocycles. The van der Waals surface area contributed by atoms with Crippen LogP contribution in [-0.2, 0) is 6.54 Å². The topological polar surface area (TPSA) is 62.1 Å². The van der Waals surface area contributed by atoms with Crippen LogP contribution in [0.5, 0.6) is 11.5 Å². The van der Waals surface area contributed by atoms with Crippen molar-refractivity contribution in [1.82, 2.24) is 20.2 Å². The van der Waals surface area contributed by atoms with Gasteiger partial charge in [0.05, 0.1) is 6.54 Å². The van der Waals surface area contributed by atoms with E-state index >= 15 is 0 Å². The lowest BCUT2D eigenvalue weighted by molar-refractivity contribution is 0.174. The molecule has 4 rings (SSSR count). The summed E-state index contributed by atoms with van der Waals surface area (Å²) in [6.45, 7) is 0.577. The molecule has 0 unspecified atom stereocenters. The number of hydrogen-bond acceptors (Lipinski definition) is 5. The SMILES string of the molecule is Fc1cccc(Cn2nnc(-c3ccc4c(c3)OCO4)n2)c1. The fraction of sp³-hybridized carbons (Fsp3) is 0.133. The zero-order chi connectivity index (χ0) is 14.9. The summed E-state index contributed by atoms with van der Waals surface area (Å²) in [6.07, 6.45) is 0. The van der Waals surface area contributed by atoms with Crippen LogP contribution >= 0.6 is 0 Å². The number of nitrogens with zero attached hydrogens (tertiary/aromatic N) is 4. The first-order valence-electron chi connectivity index (χ1n) is 6.70. The average molecular weight is 298 g/mol. The number of fused-ring (bicyclic) bond motifs is 1. The number of ether oxygens (including phenoxy) is 2. The molecule has 0 aliphatic carbocycles. The zero-order valence-electron chi connectivity index (χ0n) is 11.4. The van der Waals surface area contributed by atoms with Gasteiger partial charge in [-0.1, -0.05) is 12.1 Å². The highest BCUT2D eigenvalue weighted by molar-refractivity contribution is 5.60. The third-order valence-electron chi connectivity index (χ3n) is 3.30. The summed E-state index contributed by atoms with van der Waals surface area (Å²) in [5, 5.41) is 12.3. The van der Waals surface area contributed by atoms with Crippen LogP contribution in [0.15, 0.2) is 42.5 Å². The van der Waals surface area contributed by atoms with Gasteiger partial charge in [-0.3, -0.25) is 0 Å². The molecule has 0 saturated carbocycles. The van der Waals surface area contributed by atoms with Gasteiger partial charge in [0, 0.05) is 5.56 Å². The third kappa shape index (κ3) is 2.37. The molecule has 0 bridgehead atoms. The lowest BCUT2D eigenvalue weighted by atomic mass is 10.2. The van der Waals surface area contributed by atoms with Gasteiger partial charge >= 0.3 is 0 Å². The van der Waals surface area contributed by atoms with E-state index in [1.165, 1.54) is 16.9 Å². The van der Waals surface area contributed by atoms with E-state index in [0.717, 1.165) is 11.1 Å². The van der Waals surface area contributed by atoms with Gasteiger partial charge in [0.1, 0.15) is 5.82 Å². The Morgan fingerprint density at radius 2 is 2.00 bits per heavy atom. The molecule has 6 nitrogen and oxygen atoms in total. The number of tetrazole rings is 1. The third-order valence-corrected chi connectivity index (χ3v) is 3.30. The Morgan fingerprint density at radius 1 is 1.09 bits per heavy atom. The fourth-order valence-electron chi connectivity index (χ4n) is 2.26. The fourth-order valence-corrected chi connectivity index (χ4v) is 2.26. The van der Waals surface area contributed by atoms with Gasteiger partial charge < -0.3 is 9.47 Å². The molecule has 0 spiro atoms. The van der Waals surface area contributed by atoms with Crippen LogP contribution in [0.2, 0.25) is 0 Å². The molecular formula is C15H11FN4O2. The largest absolute Gasteiger partial charge is 0.454 e. The van der Waals surface area contributed by atoms with Crippen molar-refractivity contribution in [2.45, 2.75) is 6.54 Å². The Bertz CT molecular complexity index is 834. The Morgan fingerprint density at radius 3 is 2.91 bits per heavy atom. The molecule has 3 aromatic rings. The molecule has 0 N–H and O–H groups in total. The van der Waals surface area contributed by atoms with Crippen molar-refractivity contribution in [3.63, 3.8) is 0 Å². The minimum Gasteiger partial charge on any atom is -0.454 e. The standard InChI is InChI=1S/C15H11FN4O2/c16-12-3-1-2-10(6-12)8-20-18-15(17-19-20)11-4-5-13-14(7-11)22-9-21-13/h1-7H,8-9H2. The van der Waals surface area contributed by atoms with Crippen molar-refractivity contribution in [3.8, 4) is 22.9 Å². The first-order chi connectivity index (χ1) is 10.8. The van der Waals surface area contributed by atoms with E-state index in [-0.39, 0.29) is 12.6 Å². The molecule has 2 aromatic carbocycles. The van der Waals surface area contributed by atoms with Crippen LogP contribution in [0.25, 0.3) is 11.4 Å². The highest BCUT2D eigenvalue weighted by Gasteiger charge is 2.16. The summed E-state index contributed by atoms with van der Waals surface area (Å²) in [7, 11) is 0. The van der Waals surface area contributed by atoms with Gasteiger partial charge in [0.15, 0.2) is 11.5 Å². The van der Waals surface area contributed by atoms with E-state index in [1.807, 2.05) is 24.3 Å². The molecule has 22 heavy (non-hydrogen) atoms. The first-order valence-corrected chi connectivity index (χ1v) is 6.70. The summed E-state index contributed by atoms with van der Waals surface area (Å²) in [6, 6.07) is 11.8. The molecule has 7 heteroatoms. The molecule has 0 saturated heterocycles. The lowest BCUT2D eigenvalue weighted by Crippen LogP contribution is -2.04. The smallest absolute Gasteiger partial charge is 0.231 e. The van der Waals surface area contributed by atoms with Crippen LogP contribution in [-0.4, -0.2) is 27.0 Å². The second-order valence-corrected chi connectivity index (χ2v) is 4.84. The second-order valence-electron chi connectivity index (χ2n) is 4.84. The van der Waals surface area contributed by atoms with Gasteiger partial charge in [0.25, 0.3) is 0 Å². The molecule has 0 radical (unpaired) electrons. The quantitative estimate of drug-likeness (QED) is 0.742. The maximum absolute atomic E-state index is 13.2. The molecule has 0 fully saturated rings. The van der Waals surface area contributed by atoms with Gasteiger partial charge in [-0.15, -0.1) is 10.2 Å². The average Bonchev–Trinajstić information content (AvgIpc) is 3.15. The van der Waals surface area contributed by atoms with E-state index in [9.17, 15) is 4.39 Å². The van der Waals surface area contributed by atoms with Crippen molar-refractivity contribution in [3.05, 3.63) is 53.8 Å². The van der Waals surface area contributed by atoms with Gasteiger partial charge in [-0.2, -0.15) is 4.80 Å². The molecule has 0 atom stereocenters. The van der Waals surface area contributed by atoms with Crippen molar-refractivity contribution in [2.75, 3.05) is 6.79 Å². The summed E-state index contributed by atoms with van der Waals surface area (Å²) >= 11 is 0. The predicted molar refractivity (Wildman–Crippen MR) is 74.9 cm³/mol. The summed E-state index contributed by atoms with van der Waals surface area (Å²) in [5.41, 5.74) is 1.56. The summed E-state index contributed by atoms with van der Waals surface area (Å²) in [4.78, 5) is 1.43. The molecule has 0 amide bonds. The maximum atomic E-state index is 13.2. The molecule has 2 heterocycles. The van der Waals surface area contributed by atoms with Crippen LogP contribution in [0, 0.1) is 5.82 Å². The molecular weight excluding hydrogens is 287 g/mol. The van der Waals surface area contributed by atoms with E-state index in [4.69, 9.17) is 9.47 Å². The van der Waals surface area contributed by atoms with E-state index < -0.39 is 0 Å². The number of hydrogen-bond donors (Lipinski definition) is 0. The predicted octanol–water partition coefficient (Wildman–Crippen LogP) is 2.26. The zero-order valence-corrected chi connectivity index (χ0v) is 11.4. The Labute approximate surface area is 125 Å². The second kappa shape index (κ2) is 5.10. The first kappa shape index (κ1) is 12.8. The Balaban J connectivity index is 1.59. The Hall–Kier alpha value is -2.96. The van der Waals surface area contributed by atoms with Crippen LogP contribution < -0.4 is 9.47 Å². The van der Waals surface area contributed by atoms with Crippen molar-refractivity contribution >= 4 is 0 Å². The number of rotatable bonds is 3. The van der Waals surface area contributed by atoms with Gasteiger partial charge in [-0.05, 0) is 41.1 Å². The van der Waals surface area contributed by atoms with E-state index in [0.29, 0.717) is 23.9 Å². The number of aromatic nitrogens is 4. The number of benzene rings is 2.